The van der Waals surface area contributed by atoms with Crippen LogP contribution in [-0.2, 0) is 4.74 Å². The van der Waals surface area contributed by atoms with Crippen LogP contribution in [0.15, 0.2) is 0 Å². The second kappa shape index (κ2) is 4.69. The Labute approximate surface area is 95.0 Å². The number of carbonyl (C=O) groups is 1. The zero-order chi connectivity index (χ0) is 12.3. The van der Waals surface area contributed by atoms with E-state index in [1.807, 2.05) is 6.07 Å². The molecule has 0 aromatic carbocycles. The number of rotatable bonds is 0. The number of likely N-dealkylation sites (tertiary alicyclic amines) is 1. The fourth-order valence-corrected chi connectivity index (χ4v) is 1.61. The maximum Gasteiger partial charge on any atom is 0.410 e. The monoisotopic (exact) mass is 228 g/mol. The van der Waals surface area contributed by atoms with Gasteiger partial charge in [-0.2, -0.15) is 5.26 Å². The van der Waals surface area contributed by atoms with Crippen LogP contribution in [0.25, 0.3) is 0 Å². The van der Waals surface area contributed by atoms with Crippen molar-refractivity contribution in [3.05, 3.63) is 0 Å². The summed E-state index contributed by atoms with van der Waals surface area (Å²) in [6.07, 6.45) is -1.48. The van der Waals surface area contributed by atoms with E-state index in [2.05, 4.69) is 0 Å². The number of alkyl halides is 1. The van der Waals surface area contributed by atoms with Crippen molar-refractivity contribution in [3.63, 3.8) is 0 Å². The first-order valence-corrected chi connectivity index (χ1v) is 5.33. The summed E-state index contributed by atoms with van der Waals surface area (Å²) in [6.45, 7) is 5.54. The first-order chi connectivity index (χ1) is 7.31. The highest BCUT2D eigenvalue weighted by atomic mass is 19.1. The molecular weight excluding hydrogens is 211 g/mol. The summed E-state index contributed by atoms with van der Waals surface area (Å²) >= 11 is 0. The molecule has 0 aliphatic carbocycles. The smallest absolute Gasteiger partial charge is 0.410 e. The first-order valence-electron chi connectivity index (χ1n) is 5.33. The van der Waals surface area contributed by atoms with E-state index in [0.717, 1.165) is 0 Å². The van der Waals surface area contributed by atoms with Gasteiger partial charge in [0.2, 0.25) is 0 Å². The van der Waals surface area contributed by atoms with E-state index in [1.54, 1.807) is 20.8 Å². The number of piperidine rings is 1. The minimum Gasteiger partial charge on any atom is -0.444 e. The van der Waals surface area contributed by atoms with Crippen molar-refractivity contribution in [2.24, 2.45) is 5.92 Å². The Balaban J connectivity index is 2.59. The SMILES string of the molecule is CC(C)(C)OC(=O)N1CC(F)CC(C#N)C1. The second-order valence-corrected chi connectivity index (χ2v) is 5.04. The summed E-state index contributed by atoms with van der Waals surface area (Å²) in [7, 11) is 0. The standard InChI is InChI=1S/C11H17FN2O2/c1-11(2,3)16-10(15)14-6-8(5-13)4-9(12)7-14/h8-9H,4,6-7H2,1-3H3. The number of hydrogen-bond donors (Lipinski definition) is 0. The van der Waals surface area contributed by atoms with Gasteiger partial charge in [-0.3, -0.25) is 0 Å². The van der Waals surface area contributed by atoms with E-state index in [4.69, 9.17) is 10.00 Å². The van der Waals surface area contributed by atoms with E-state index in [0.29, 0.717) is 0 Å². The van der Waals surface area contributed by atoms with Crippen LogP contribution in [0.3, 0.4) is 0 Å². The van der Waals surface area contributed by atoms with Crippen LogP contribution in [0.1, 0.15) is 27.2 Å². The second-order valence-electron chi connectivity index (χ2n) is 5.04. The van der Waals surface area contributed by atoms with Crippen LogP contribution in [0.5, 0.6) is 0 Å². The quantitative estimate of drug-likeness (QED) is 0.638. The average Bonchev–Trinajstić information content (AvgIpc) is 2.14. The molecule has 90 valence electrons. The van der Waals surface area contributed by atoms with Crippen LogP contribution in [0, 0.1) is 17.2 Å². The van der Waals surface area contributed by atoms with E-state index >= 15 is 0 Å². The topological polar surface area (TPSA) is 53.3 Å². The lowest BCUT2D eigenvalue weighted by Crippen LogP contribution is -2.46. The number of ether oxygens (including phenoxy) is 1. The Bertz CT molecular complexity index is 306. The summed E-state index contributed by atoms with van der Waals surface area (Å²) in [4.78, 5) is 12.9. The number of nitrogens with zero attached hydrogens (tertiary/aromatic N) is 2. The zero-order valence-electron chi connectivity index (χ0n) is 9.86. The predicted molar refractivity (Wildman–Crippen MR) is 56.4 cm³/mol. The number of carbonyl (C=O) groups excluding carboxylic acids is 1. The average molecular weight is 228 g/mol. The van der Waals surface area contributed by atoms with Gasteiger partial charge >= 0.3 is 6.09 Å². The van der Waals surface area contributed by atoms with Crippen molar-refractivity contribution in [2.45, 2.75) is 39.0 Å². The van der Waals surface area contributed by atoms with Gasteiger partial charge in [0.25, 0.3) is 0 Å². The van der Waals surface area contributed by atoms with Crippen LogP contribution in [-0.4, -0.2) is 35.9 Å². The lowest BCUT2D eigenvalue weighted by Gasteiger charge is -2.33. The van der Waals surface area contributed by atoms with Crippen LogP contribution < -0.4 is 0 Å². The van der Waals surface area contributed by atoms with Gasteiger partial charge in [-0.25, -0.2) is 9.18 Å². The molecule has 0 spiro atoms. The summed E-state index contributed by atoms with van der Waals surface area (Å²) in [5, 5.41) is 8.75. The molecule has 1 rings (SSSR count). The number of amides is 1. The normalized spacial score (nSPS) is 26.1. The number of halogens is 1. The molecule has 1 aliphatic heterocycles. The van der Waals surface area contributed by atoms with Crippen LogP contribution >= 0.6 is 0 Å². The minimum absolute atomic E-state index is 0.0209. The summed E-state index contributed by atoms with van der Waals surface area (Å²) in [6, 6.07) is 1.99. The fraction of sp³-hybridized carbons (Fsp3) is 0.818. The summed E-state index contributed by atoms with van der Waals surface area (Å²) < 4.78 is 18.4. The molecule has 0 N–H and O–H groups in total. The van der Waals surface area contributed by atoms with Crippen LogP contribution in [0.2, 0.25) is 0 Å². The third kappa shape index (κ3) is 3.69. The maximum atomic E-state index is 13.3. The largest absolute Gasteiger partial charge is 0.444 e. The van der Waals surface area contributed by atoms with E-state index in [1.165, 1.54) is 4.90 Å². The Morgan fingerprint density at radius 2 is 2.12 bits per heavy atom. The highest BCUT2D eigenvalue weighted by Gasteiger charge is 2.32. The van der Waals surface area contributed by atoms with Gasteiger partial charge in [0.1, 0.15) is 11.8 Å². The van der Waals surface area contributed by atoms with Crippen LogP contribution in [0.4, 0.5) is 9.18 Å². The zero-order valence-corrected chi connectivity index (χ0v) is 9.86. The Morgan fingerprint density at radius 1 is 1.50 bits per heavy atom. The predicted octanol–water partition coefficient (Wildman–Crippen LogP) is 2.11. The van der Waals surface area contributed by atoms with Crippen molar-refractivity contribution in [3.8, 4) is 6.07 Å². The fourth-order valence-electron chi connectivity index (χ4n) is 1.61. The van der Waals surface area contributed by atoms with Crippen molar-refractivity contribution in [2.75, 3.05) is 13.1 Å². The van der Waals surface area contributed by atoms with Gasteiger partial charge in [0.05, 0.1) is 18.5 Å². The molecule has 0 bridgehead atoms. The van der Waals surface area contributed by atoms with Gasteiger partial charge in [0, 0.05) is 6.54 Å². The molecule has 1 amide bonds. The van der Waals surface area contributed by atoms with Gasteiger partial charge in [0.15, 0.2) is 0 Å². The summed E-state index contributed by atoms with van der Waals surface area (Å²) in [5.74, 6) is -0.434. The Kier molecular flexibility index (Phi) is 3.74. The minimum atomic E-state index is -1.13. The maximum absolute atomic E-state index is 13.3. The van der Waals surface area contributed by atoms with Crippen molar-refractivity contribution < 1.29 is 13.9 Å². The molecule has 5 heteroatoms. The molecule has 1 fully saturated rings. The molecule has 1 aliphatic rings. The molecule has 2 unspecified atom stereocenters. The number of nitriles is 1. The van der Waals surface area contributed by atoms with Gasteiger partial charge in [-0.1, -0.05) is 0 Å². The molecule has 1 saturated heterocycles. The van der Waals surface area contributed by atoms with Gasteiger partial charge < -0.3 is 9.64 Å². The molecule has 0 aromatic heterocycles. The molecule has 1 heterocycles. The number of hydrogen-bond acceptors (Lipinski definition) is 3. The van der Waals surface area contributed by atoms with Crippen molar-refractivity contribution in [1.29, 1.82) is 5.26 Å². The van der Waals surface area contributed by atoms with E-state index in [9.17, 15) is 9.18 Å². The molecule has 0 radical (unpaired) electrons. The highest BCUT2D eigenvalue weighted by Crippen LogP contribution is 2.20. The van der Waals surface area contributed by atoms with Crippen molar-refractivity contribution >= 4 is 6.09 Å². The van der Waals surface area contributed by atoms with E-state index in [-0.39, 0.29) is 19.5 Å². The van der Waals surface area contributed by atoms with Gasteiger partial charge in [-0.05, 0) is 27.2 Å². The van der Waals surface area contributed by atoms with Crippen molar-refractivity contribution in [1.82, 2.24) is 4.90 Å². The first kappa shape index (κ1) is 12.8. The van der Waals surface area contributed by atoms with E-state index < -0.39 is 23.8 Å². The van der Waals surface area contributed by atoms with Gasteiger partial charge in [-0.15, -0.1) is 0 Å². The molecule has 2 atom stereocenters. The molecule has 16 heavy (non-hydrogen) atoms. The molecular formula is C11H17FN2O2. The molecule has 4 nitrogen and oxygen atoms in total. The highest BCUT2D eigenvalue weighted by molar-refractivity contribution is 5.68. The lowest BCUT2D eigenvalue weighted by molar-refractivity contribution is 0.00973. The molecule has 0 saturated carbocycles. The molecule has 0 aromatic rings. The Morgan fingerprint density at radius 3 is 2.62 bits per heavy atom. The third-order valence-corrected chi connectivity index (χ3v) is 2.23. The summed E-state index contributed by atoms with van der Waals surface area (Å²) in [5.41, 5.74) is -0.595. The third-order valence-electron chi connectivity index (χ3n) is 2.23. The lowest BCUT2D eigenvalue weighted by atomic mass is 9.99. The Hall–Kier alpha value is -1.31.